The number of aryl methyl sites for hydroxylation is 2. The third-order valence-electron chi connectivity index (χ3n) is 2.53. The van der Waals surface area contributed by atoms with Crippen LogP contribution in [0.3, 0.4) is 0 Å². The number of imide groups is 1. The number of benzene rings is 1. The Hall–Kier alpha value is -2.02. The number of urea groups is 1. The quantitative estimate of drug-likeness (QED) is 0.634. The highest BCUT2D eigenvalue weighted by molar-refractivity contribution is 8.00. The predicted octanol–water partition coefficient (Wildman–Crippen LogP) is 1.39. The van der Waals surface area contributed by atoms with Crippen LogP contribution < -0.4 is 10.6 Å². The van der Waals surface area contributed by atoms with E-state index in [0.717, 1.165) is 16.0 Å². The fraction of sp³-hybridized carbons (Fsp3) is 0.357. The lowest BCUT2D eigenvalue weighted by Gasteiger charge is -2.07. The molecule has 0 bridgehead atoms. The van der Waals surface area contributed by atoms with Crippen molar-refractivity contribution in [1.82, 2.24) is 10.6 Å². The van der Waals surface area contributed by atoms with Gasteiger partial charge in [-0.25, -0.2) is 4.79 Å². The van der Waals surface area contributed by atoms with Crippen LogP contribution in [0.15, 0.2) is 23.1 Å². The molecule has 0 aliphatic rings. The third kappa shape index (κ3) is 6.31. The number of nitrogens with one attached hydrogen (secondary N) is 2. The molecule has 0 unspecified atom stereocenters. The first-order valence-electron chi connectivity index (χ1n) is 6.29. The highest BCUT2D eigenvalue weighted by Gasteiger charge is 2.11. The Kier molecular flexibility index (Phi) is 6.74. The van der Waals surface area contributed by atoms with E-state index >= 15 is 0 Å². The summed E-state index contributed by atoms with van der Waals surface area (Å²) in [5.41, 5.74) is 2.19. The summed E-state index contributed by atoms with van der Waals surface area (Å²) in [6.07, 6.45) is 0. The van der Waals surface area contributed by atoms with Crippen molar-refractivity contribution in [2.45, 2.75) is 18.7 Å². The SMILES string of the molecule is CNC(=O)NC(=O)COC(=O)CSc1cc(C)ccc1C. The van der Waals surface area contributed by atoms with Crippen LogP contribution in [0.4, 0.5) is 4.79 Å². The summed E-state index contributed by atoms with van der Waals surface area (Å²) in [7, 11) is 1.38. The zero-order chi connectivity index (χ0) is 15.8. The lowest BCUT2D eigenvalue weighted by Crippen LogP contribution is -2.39. The van der Waals surface area contributed by atoms with E-state index < -0.39 is 24.5 Å². The lowest BCUT2D eigenvalue weighted by atomic mass is 10.2. The first-order valence-corrected chi connectivity index (χ1v) is 7.28. The van der Waals surface area contributed by atoms with Crippen molar-refractivity contribution in [3.63, 3.8) is 0 Å². The van der Waals surface area contributed by atoms with Crippen LogP contribution in [0.25, 0.3) is 0 Å². The van der Waals surface area contributed by atoms with Gasteiger partial charge in [0, 0.05) is 11.9 Å². The van der Waals surface area contributed by atoms with Gasteiger partial charge in [-0.05, 0) is 25.5 Å². The largest absolute Gasteiger partial charge is 0.455 e. The Bertz CT molecular complexity index is 546. The Morgan fingerprint density at radius 1 is 1.24 bits per heavy atom. The Labute approximate surface area is 127 Å². The zero-order valence-electron chi connectivity index (χ0n) is 12.2. The molecule has 0 spiro atoms. The number of ether oxygens (including phenoxy) is 1. The smallest absolute Gasteiger partial charge is 0.321 e. The van der Waals surface area contributed by atoms with Crippen molar-refractivity contribution < 1.29 is 19.1 Å². The van der Waals surface area contributed by atoms with Gasteiger partial charge in [-0.3, -0.25) is 14.9 Å². The van der Waals surface area contributed by atoms with Crippen molar-refractivity contribution in [3.8, 4) is 0 Å². The first kappa shape index (κ1) is 17.0. The highest BCUT2D eigenvalue weighted by atomic mass is 32.2. The van der Waals surface area contributed by atoms with Crippen LogP contribution in [0.5, 0.6) is 0 Å². The van der Waals surface area contributed by atoms with E-state index in [-0.39, 0.29) is 5.75 Å². The van der Waals surface area contributed by atoms with E-state index in [9.17, 15) is 14.4 Å². The van der Waals surface area contributed by atoms with Gasteiger partial charge in [0.2, 0.25) is 0 Å². The van der Waals surface area contributed by atoms with E-state index in [0.29, 0.717) is 0 Å². The predicted molar refractivity (Wildman–Crippen MR) is 80.2 cm³/mol. The van der Waals surface area contributed by atoms with E-state index in [2.05, 4.69) is 5.32 Å². The molecule has 0 aliphatic carbocycles. The molecule has 1 aromatic carbocycles. The number of amides is 3. The molecule has 0 radical (unpaired) electrons. The second-order valence-electron chi connectivity index (χ2n) is 4.35. The molecule has 114 valence electrons. The molecule has 0 aliphatic heterocycles. The summed E-state index contributed by atoms with van der Waals surface area (Å²) in [5, 5.41) is 4.23. The molecule has 0 aromatic heterocycles. The molecule has 1 rings (SSSR count). The third-order valence-corrected chi connectivity index (χ3v) is 3.66. The standard InChI is InChI=1S/C14H18N2O4S/c1-9-4-5-10(2)11(6-9)21-8-13(18)20-7-12(17)16-14(19)15-3/h4-6H,7-8H2,1-3H3,(H2,15,16,17,19). The summed E-state index contributed by atoms with van der Waals surface area (Å²) in [6, 6.07) is 5.34. The van der Waals surface area contributed by atoms with Crippen molar-refractivity contribution in [3.05, 3.63) is 29.3 Å². The first-order chi connectivity index (χ1) is 9.92. The van der Waals surface area contributed by atoms with Gasteiger partial charge in [0.15, 0.2) is 6.61 Å². The number of rotatable bonds is 5. The molecule has 0 saturated heterocycles. The molecule has 2 N–H and O–H groups in total. The zero-order valence-corrected chi connectivity index (χ0v) is 13.0. The molecular formula is C14H18N2O4S. The molecule has 0 saturated carbocycles. The topological polar surface area (TPSA) is 84.5 Å². The van der Waals surface area contributed by atoms with Crippen molar-refractivity contribution in [2.24, 2.45) is 0 Å². The molecule has 7 heteroatoms. The van der Waals surface area contributed by atoms with Crippen LogP contribution in [0, 0.1) is 13.8 Å². The van der Waals surface area contributed by atoms with Gasteiger partial charge in [-0.2, -0.15) is 0 Å². The maximum Gasteiger partial charge on any atom is 0.321 e. The van der Waals surface area contributed by atoms with Crippen molar-refractivity contribution >= 4 is 29.7 Å². The van der Waals surface area contributed by atoms with E-state index in [1.807, 2.05) is 37.4 Å². The van der Waals surface area contributed by atoms with E-state index in [4.69, 9.17) is 4.74 Å². The fourth-order valence-electron chi connectivity index (χ4n) is 1.41. The Balaban J connectivity index is 2.36. The molecule has 6 nitrogen and oxygen atoms in total. The number of esters is 1. The Morgan fingerprint density at radius 2 is 1.95 bits per heavy atom. The second-order valence-corrected chi connectivity index (χ2v) is 5.36. The summed E-state index contributed by atoms with van der Waals surface area (Å²) in [4.78, 5) is 34.6. The van der Waals surface area contributed by atoms with Gasteiger partial charge in [-0.15, -0.1) is 11.8 Å². The van der Waals surface area contributed by atoms with Gasteiger partial charge < -0.3 is 10.1 Å². The number of hydrogen-bond donors (Lipinski definition) is 2. The normalized spacial score (nSPS) is 9.86. The summed E-state index contributed by atoms with van der Waals surface area (Å²) in [5.74, 6) is -1.07. The minimum absolute atomic E-state index is 0.109. The Morgan fingerprint density at radius 3 is 2.62 bits per heavy atom. The number of carbonyl (C=O) groups excluding carboxylic acids is 3. The molecule has 3 amide bonds. The van der Waals surface area contributed by atoms with Crippen molar-refractivity contribution in [1.29, 1.82) is 0 Å². The minimum atomic E-state index is -0.667. The lowest BCUT2D eigenvalue weighted by molar-refractivity contribution is -0.145. The number of thioether (sulfide) groups is 1. The van der Waals surface area contributed by atoms with Gasteiger partial charge in [-0.1, -0.05) is 17.7 Å². The van der Waals surface area contributed by atoms with Crippen LogP contribution in [0.1, 0.15) is 11.1 Å². The van der Waals surface area contributed by atoms with Gasteiger partial charge in [0.25, 0.3) is 5.91 Å². The number of carbonyl (C=O) groups is 3. The summed E-state index contributed by atoms with van der Waals surface area (Å²) >= 11 is 1.35. The summed E-state index contributed by atoms with van der Waals surface area (Å²) in [6.45, 7) is 3.47. The van der Waals surface area contributed by atoms with Gasteiger partial charge in [0.1, 0.15) is 0 Å². The molecule has 21 heavy (non-hydrogen) atoms. The van der Waals surface area contributed by atoms with E-state index in [1.165, 1.54) is 18.8 Å². The maximum atomic E-state index is 11.5. The van der Waals surface area contributed by atoms with Gasteiger partial charge >= 0.3 is 12.0 Å². The van der Waals surface area contributed by atoms with Crippen molar-refractivity contribution in [2.75, 3.05) is 19.4 Å². The second kappa shape index (κ2) is 8.31. The van der Waals surface area contributed by atoms with Crippen LogP contribution in [-0.2, 0) is 14.3 Å². The van der Waals surface area contributed by atoms with Crippen LogP contribution in [0.2, 0.25) is 0 Å². The number of hydrogen-bond acceptors (Lipinski definition) is 5. The van der Waals surface area contributed by atoms with Crippen LogP contribution in [-0.4, -0.2) is 37.3 Å². The molecule has 1 aromatic rings. The average molecular weight is 310 g/mol. The van der Waals surface area contributed by atoms with E-state index in [1.54, 1.807) is 0 Å². The molecular weight excluding hydrogens is 292 g/mol. The molecule has 0 fully saturated rings. The average Bonchev–Trinajstić information content (AvgIpc) is 2.45. The van der Waals surface area contributed by atoms with Gasteiger partial charge in [0.05, 0.1) is 5.75 Å². The van der Waals surface area contributed by atoms with Crippen LogP contribution >= 0.6 is 11.8 Å². The minimum Gasteiger partial charge on any atom is -0.455 e. The monoisotopic (exact) mass is 310 g/mol. The summed E-state index contributed by atoms with van der Waals surface area (Å²) < 4.78 is 4.79. The maximum absolute atomic E-state index is 11.5. The molecule has 0 heterocycles. The fourth-order valence-corrected chi connectivity index (χ4v) is 2.33. The molecule has 0 atom stereocenters. The highest BCUT2D eigenvalue weighted by Crippen LogP contribution is 2.23.